The third-order valence-corrected chi connectivity index (χ3v) is 5.24. The molecule has 2 aromatic rings. The number of hydrogen-bond donors (Lipinski definition) is 3. The van der Waals surface area contributed by atoms with Crippen molar-refractivity contribution in [1.29, 1.82) is 0 Å². The molecule has 0 aromatic heterocycles. The van der Waals surface area contributed by atoms with E-state index in [1.807, 2.05) is 31.2 Å². The van der Waals surface area contributed by atoms with E-state index in [9.17, 15) is 18.8 Å². The Kier molecular flexibility index (Phi) is 7.59. The van der Waals surface area contributed by atoms with Crippen LogP contribution in [-0.2, 0) is 20.8 Å². The number of carbonyl (C=O) groups excluding carboxylic acids is 3. The summed E-state index contributed by atoms with van der Waals surface area (Å²) >= 11 is 0. The van der Waals surface area contributed by atoms with Gasteiger partial charge in [-0.15, -0.1) is 0 Å². The van der Waals surface area contributed by atoms with Gasteiger partial charge in [-0.25, -0.2) is 4.39 Å². The SMILES string of the molecule is Cc1ccc(NCC(=O)NNC(=O)C2CCCN(C(=O)Cc3ccc(F)cc3)C2)cc1. The van der Waals surface area contributed by atoms with Gasteiger partial charge in [0.05, 0.1) is 18.9 Å². The molecule has 1 heterocycles. The number of hydrogen-bond acceptors (Lipinski definition) is 4. The maximum Gasteiger partial charge on any atom is 0.257 e. The molecule has 3 rings (SSSR count). The lowest BCUT2D eigenvalue weighted by Crippen LogP contribution is -2.51. The third kappa shape index (κ3) is 6.80. The predicted molar refractivity (Wildman–Crippen MR) is 115 cm³/mol. The van der Waals surface area contributed by atoms with Crippen molar-refractivity contribution in [3.05, 3.63) is 65.5 Å². The minimum absolute atomic E-state index is 0.0241. The van der Waals surface area contributed by atoms with Crippen LogP contribution in [0.5, 0.6) is 0 Å². The standard InChI is InChI=1S/C23H27FN4O3/c1-16-4-10-20(11-5-16)25-14-21(29)26-27-23(31)18-3-2-12-28(15-18)22(30)13-17-6-8-19(24)9-7-17/h4-11,18,25H,2-3,12-15H2,1H3,(H,26,29)(H,27,31). The first-order valence-electron chi connectivity index (χ1n) is 10.3. The van der Waals surface area contributed by atoms with E-state index in [1.165, 1.54) is 12.1 Å². The third-order valence-electron chi connectivity index (χ3n) is 5.24. The first-order chi connectivity index (χ1) is 14.9. The summed E-state index contributed by atoms with van der Waals surface area (Å²) in [6, 6.07) is 13.4. The number of benzene rings is 2. The molecule has 3 amide bonds. The summed E-state index contributed by atoms with van der Waals surface area (Å²) < 4.78 is 13.0. The van der Waals surface area contributed by atoms with Crippen molar-refractivity contribution in [3.63, 3.8) is 0 Å². The number of rotatable bonds is 6. The summed E-state index contributed by atoms with van der Waals surface area (Å²) in [5, 5.41) is 2.98. The van der Waals surface area contributed by atoms with E-state index in [4.69, 9.17) is 0 Å². The molecule has 0 saturated carbocycles. The zero-order valence-electron chi connectivity index (χ0n) is 17.5. The summed E-state index contributed by atoms with van der Waals surface area (Å²) in [6.07, 6.45) is 1.51. The van der Waals surface area contributed by atoms with Crippen molar-refractivity contribution in [1.82, 2.24) is 15.8 Å². The number of halogens is 1. The highest BCUT2D eigenvalue weighted by Crippen LogP contribution is 2.18. The number of hydrazine groups is 1. The van der Waals surface area contributed by atoms with Crippen LogP contribution in [0.2, 0.25) is 0 Å². The van der Waals surface area contributed by atoms with E-state index in [0.29, 0.717) is 25.9 Å². The van der Waals surface area contributed by atoms with Crippen molar-refractivity contribution in [2.45, 2.75) is 26.2 Å². The smallest absolute Gasteiger partial charge is 0.257 e. The number of amides is 3. The lowest BCUT2D eigenvalue weighted by atomic mass is 9.97. The van der Waals surface area contributed by atoms with Gasteiger partial charge < -0.3 is 10.2 Å². The van der Waals surface area contributed by atoms with Gasteiger partial charge in [-0.1, -0.05) is 29.8 Å². The van der Waals surface area contributed by atoms with Gasteiger partial charge in [0.2, 0.25) is 11.8 Å². The molecule has 31 heavy (non-hydrogen) atoms. The quantitative estimate of drug-likeness (QED) is 0.618. The largest absolute Gasteiger partial charge is 0.376 e. The number of carbonyl (C=O) groups is 3. The number of nitrogens with one attached hydrogen (secondary N) is 3. The molecule has 164 valence electrons. The monoisotopic (exact) mass is 426 g/mol. The van der Waals surface area contributed by atoms with Crippen LogP contribution in [0.1, 0.15) is 24.0 Å². The normalized spacial score (nSPS) is 15.8. The molecule has 7 nitrogen and oxygen atoms in total. The molecule has 1 unspecified atom stereocenters. The first-order valence-corrected chi connectivity index (χ1v) is 10.3. The van der Waals surface area contributed by atoms with Gasteiger partial charge in [0.1, 0.15) is 5.82 Å². The Morgan fingerprint density at radius 3 is 2.45 bits per heavy atom. The fraction of sp³-hybridized carbons (Fsp3) is 0.348. The molecule has 0 spiro atoms. The van der Waals surface area contributed by atoms with E-state index < -0.39 is 5.92 Å². The fourth-order valence-electron chi connectivity index (χ4n) is 3.44. The molecule has 2 aromatic carbocycles. The first kappa shape index (κ1) is 22.3. The van der Waals surface area contributed by atoms with Crippen molar-refractivity contribution >= 4 is 23.4 Å². The lowest BCUT2D eigenvalue weighted by Gasteiger charge is -2.32. The van der Waals surface area contributed by atoms with E-state index in [1.54, 1.807) is 17.0 Å². The molecule has 1 aliphatic heterocycles. The Labute approximate surface area is 181 Å². The zero-order valence-corrected chi connectivity index (χ0v) is 17.5. The van der Waals surface area contributed by atoms with E-state index >= 15 is 0 Å². The molecule has 1 atom stereocenters. The van der Waals surface area contributed by atoms with Gasteiger partial charge >= 0.3 is 0 Å². The Balaban J connectivity index is 1.42. The number of piperidine rings is 1. The summed E-state index contributed by atoms with van der Waals surface area (Å²) in [5.74, 6) is -1.52. The molecule has 0 aliphatic carbocycles. The molecular formula is C23H27FN4O3. The lowest BCUT2D eigenvalue weighted by molar-refractivity contribution is -0.136. The number of aryl methyl sites for hydroxylation is 1. The zero-order chi connectivity index (χ0) is 22.2. The summed E-state index contributed by atoms with van der Waals surface area (Å²) in [5.41, 5.74) is 7.53. The Hall–Kier alpha value is -3.42. The highest BCUT2D eigenvalue weighted by molar-refractivity contribution is 5.86. The molecule has 8 heteroatoms. The van der Waals surface area contributed by atoms with Crippen LogP contribution in [0.25, 0.3) is 0 Å². The summed E-state index contributed by atoms with van der Waals surface area (Å²) in [4.78, 5) is 38.6. The Morgan fingerprint density at radius 2 is 1.74 bits per heavy atom. The van der Waals surface area contributed by atoms with E-state index in [0.717, 1.165) is 16.8 Å². The van der Waals surface area contributed by atoms with Crippen LogP contribution < -0.4 is 16.2 Å². The minimum atomic E-state index is -0.392. The number of likely N-dealkylation sites (tertiary alicyclic amines) is 1. The molecule has 0 bridgehead atoms. The number of nitrogens with zero attached hydrogens (tertiary/aromatic N) is 1. The van der Waals surface area contributed by atoms with Gasteiger partial charge in [0.15, 0.2) is 0 Å². The van der Waals surface area contributed by atoms with Gasteiger partial charge in [0.25, 0.3) is 5.91 Å². The number of anilines is 1. The topological polar surface area (TPSA) is 90.5 Å². The minimum Gasteiger partial charge on any atom is -0.376 e. The molecule has 1 saturated heterocycles. The Bertz CT molecular complexity index is 915. The van der Waals surface area contributed by atoms with E-state index in [-0.39, 0.29) is 36.5 Å². The van der Waals surface area contributed by atoms with Crippen LogP contribution in [0.3, 0.4) is 0 Å². The molecule has 1 fully saturated rings. The van der Waals surface area contributed by atoms with Gasteiger partial charge in [0, 0.05) is 18.8 Å². The highest BCUT2D eigenvalue weighted by Gasteiger charge is 2.28. The second-order valence-electron chi connectivity index (χ2n) is 7.74. The van der Waals surface area contributed by atoms with Gasteiger partial charge in [-0.2, -0.15) is 0 Å². The Morgan fingerprint density at radius 1 is 1.03 bits per heavy atom. The maximum absolute atomic E-state index is 13.0. The van der Waals surface area contributed by atoms with Crippen molar-refractivity contribution in [2.75, 3.05) is 25.0 Å². The summed E-state index contributed by atoms with van der Waals surface area (Å²) in [6.45, 7) is 2.88. The predicted octanol–water partition coefficient (Wildman–Crippen LogP) is 2.17. The van der Waals surface area contributed by atoms with Crippen molar-refractivity contribution < 1.29 is 18.8 Å². The second kappa shape index (κ2) is 10.6. The van der Waals surface area contributed by atoms with Gasteiger partial charge in [-0.3, -0.25) is 25.2 Å². The molecule has 0 radical (unpaired) electrons. The van der Waals surface area contributed by atoms with Gasteiger partial charge in [-0.05, 0) is 49.6 Å². The van der Waals surface area contributed by atoms with E-state index in [2.05, 4.69) is 16.2 Å². The molecule has 3 N–H and O–H groups in total. The average molecular weight is 426 g/mol. The van der Waals surface area contributed by atoms with Crippen LogP contribution in [0, 0.1) is 18.7 Å². The van der Waals surface area contributed by atoms with Crippen LogP contribution in [0.15, 0.2) is 48.5 Å². The average Bonchev–Trinajstić information content (AvgIpc) is 2.78. The van der Waals surface area contributed by atoms with Crippen LogP contribution >= 0.6 is 0 Å². The summed E-state index contributed by atoms with van der Waals surface area (Å²) in [7, 11) is 0. The van der Waals surface area contributed by atoms with Crippen LogP contribution in [0.4, 0.5) is 10.1 Å². The van der Waals surface area contributed by atoms with Crippen LogP contribution in [-0.4, -0.2) is 42.3 Å². The highest BCUT2D eigenvalue weighted by atomic mass is 19.1. The maximum atomic E-state index is 13.0. The van der Waals surface area contributed by atoms with Crippen molar-refractivity contribution in [3.8, 4) is 0 Å². The van der Waals surface area contributed by atoms with Crippen molar-refractivity contribution in [2.24, 2.45) is 5.92 Å². The molecular weight excluding hydrogens is 399 g/mol. The fourth-order valence-corrected chi connectivity index (χ4v) is 3.44. The molecule has 1 aliphatic rings. The second-order valence-corrected chi connectivity index (χ2v) is 7.74.